The Kier molecular flexibility index (Phi) is 5.00. The van der Waals surface area contributed by atoms with Crippen molar-refractivity contribution in [3.8, 4) is 27.9 Å². The van der Waals surface area contributed by atoms with Gasteiger partial charge in [0.1, 0.15) is 22.3 Å². The van der Waals surface area contributed by atoms with Crippen LogP contribution in [0.5, 0.6) is 0 Å². The van der Waals surface area contributed by atoms with Crippen LogP contribution in [-0.4, -0.2) is 4.57 Å². The Morgan fingerprint density at radius 2 is 0.822 bits per heavy atom. The average molecular weight is 576 g/mol. The van der Waals surface area contributed by atoms with Crippen molar-refractivity contribution in [1.29, 1.82) is 0 Å². The number of nitrogens with zero attached hydrogens (tertiary/aromatic N) is 1. The molecule has 0 aliphatic rings. The molecular weight excluding hydrogens is 550 g/mol. The topological polar surface area (TPSA) is 31.2 Å². The van der Waals surface area contributed by atoms with Crippen molar-refractivity contribution in [3.05, 3.63) is 152 Å². The maximum atomic E-state index is 6.26. The number of rotatable bonds is 3. The van der Waals surface area contributed by atoms with Gasteiger partial charge in [-0.1, -0.05) is 84.9 Å². The van der Waals surface area contributed by atoms with E-state index in [2.05, 4.69) is 144 Å². The van der Waals surface area contributed by atoms with Gasteiger partial charge in [-0.3, -0.25) is 0 Å². The summed E-state index contributed by atoms with van der Waals surface area (Å²) in [5.74, 6) is 0. The van der Waals surface area contributed by atoms with Crippen molar-refractivity contribution < 1.29 is 8.83 Å². The number of hydrogen-bond donors (Lipinski definition) is 0. The van der Waals surface area contributed by atoms with Crippen LogP contribution in [0.15, 0.2) is 160 Å². The third-order valence-corrected chi connectivity index (χ3v) is 9.20. The quantitative estimate of drug-likeness (QED) is 0.210. The summed E-state index contributed by atoms with van der Waals surface area (Å²) in [6.07, 6.45) is 0. The first-order chi connectivity index (χ1) is 22.3. The van der Waals surface area contributed by atoms with Gasteiger partial charge in [0.25, 0.3) is 0 Å². The standard InChI is InChI=1S/C42H25NO2/c1-2-8-26(9-3-1)27-15-19-40-34(23-27)35-24-29(16-20-41(35)45-40)28-14-18-38-33(22-28)31-10-4-6-12-37(31)43(38)30-17-21-42-36(25-30)32-11-5-7-13-39(32)44-42/h1-25H. The Labute approximate surface area is 258 Å². The van der Waals surface area contributed by atoms with Crippen LogP contribution in [0.25, 0.3) is 93.6 Å². The van der Waals surface area contributed by atoms with Gasteiger partial charge in [0, 0.05) is 38.0 Å². The second-order valence-electron chi connectivity index (χ2n) is 11.8. The fourth-order valence-electron chi connectivity index (χ4n) is 7.05. The normalized spacial score (nSPS) is 12.0. The molecule has 3 heteroatoms. The van der Waals surface area contributed by atoms with Crippen LogP contribution in [-0.2, 0) is 0 Å². The third-order valence-electron chi connectivity index (χ3n) is 9.20. The molecule has 10 aromatic rings. The van der Waals surface area contributed by atoms with Crippen LogP contribution in [0.3, 0.4) is 0 Å². The molecule has 0 fully saturated rings. The highest BCUT2D eigenvalue weighted by molar-refractivity contribution is 6.12. The second kappa shape index (κ2) is 9.22. The van der Waals surface area contributed by atoms with E-state index < -0.39 is 0 Å². The number of aromatic nitrogens is 1. The molecular formula is C42H25NO2. The molecule has 0 aliphatic carbocycles. The Balaban J connectivity index is 1.15. The summed E-state index contributed by atoms with van der Waals surface area (Å²) in [4.78, 5) is 0. The number of benzene rings is 7. The Morgan fingerprint density at radius 3 is 1.58 bits per heavy atom. The van der Waals surface area contributed by atoms with E-state index in [0.29, 0.717) is 0 Å². The molecule has 0 amide bonds. The van der Waals surface area contributed by atoms with Gasteiger partial charge in [-0.2, -0.15) is 0 Å². The van der Waals surface area contributed by atoms with Crippen molar-refractivity contribution >= 4 is 65.7 Å². The molecule has 0 spiro atoms. The van der Waals surface area contributed by atoms with Gasteiger partial charge in [0.05, 0.1) is 11.0 Å². The molecule has 0 radical (unpaired) electrons. The van der Waals surface area contributed by atoms with Crippen LogP contribution >= 0.6 is 0 Å². The van der Waals surface area contributed by atoms with Crippen molar-refractivity contribution in [2.24, 2.45) is 0 Å². The summed E-state index contributed by atoms with van der Waals surface area (Å²) in [6.45, 7) is 0. The molecule has 7 aromatic carbocycles. The van der Waals surface area contributed by atoms with Gasteiger partial charge < -0.3 is 13.4 Å². The highest BCUT2D eigenvalue weighted by atomic mass is 16.3. The smallest absolute Gasteiger partial charge is 0.135 e. The van der Waals surface area contributed by atoms with Gasteiger partial charge in [-0.25, -0.2) is 0 Å². The molecule has 0 atom stereocenters. The molecule has 10 rings (SSSR count). The highest BCUT2D eigenvalue weighted by Crippen LogP contribution is 2.39. The molecule has 0 bridgehead atoms. The van der Waals surface area contributed by atoms with E-state index in [0.717, 1.165) is 49.6 Å². The molecule has 45 heavy (non-hydrogen) atoms. The molecule has 210 valence electrons. The molecule has 0 saturated heterocycles. The summed E-state index contributed by atoms with van der Waals surface area (Å²) in [5, 5.41) is 6.98. The summed E-state index contributed by atoms with van der Waals surface area (Å²) in [6, 6.07) is 53.8. The molecule has 0 unspecified atom stereocenters. The lowest BCUT2D eigenvalue weighted by atomic mass is 9.99. The molecule has 3 aromatic heterocycles. The third kappa shape index (κ3) is 3.65. The van der Waals surface area contributed by atoms with E-state index in [9.17, 15) is 0 Å². The van der Waals surface area contributed by atoms with Crippen molar-refractivity contribution in [2.45, 2.75) is 0 Å². The van der Waals surface area contributed by atoms with Crippen LogP contribution in [0.1, 0.15) is 0 Å². The minimum Gasteiger partial charge on any atom is -0.456 e. The van der Waals surface area contributed by atoms with Crippen molar-refractivity contribution in [1.82, 2.24) is 4.57 Å². The summed E-state index contributed by atoms with van der Waals surface area (Å²) < 4.78 is 14.8. The molecule has 0 N–H and O–H groups in total. The fraction of sp³-hybridized carbons (Fsp3) is 0. The van der Waals surface area contributed by atoms with Gasteiger partial charge in [-0.15, -0.1) is 0 Å². The SMILES string of the molecule is c1ccc(-c2ccc3oc4ccc(-c5ccc6c(c5)c5ccccc5n6-c5ccc6oc7ccccc7c6c5)cc4c3c2)cc1. The number of para-hydroxylation sites is 2. The van der Waals surface area contributed by atoms with E-state index in [4.69, 9.17) is 8.83 Å². The highest BCUT2D eigenvalue weighted by Gasteiger charge is 2.16. The minimum atomic E-state index is 0.902. The lowest BCUT2D eigenvalue weighted by Gasteiger charge is -2.09. The lowest BCUT2D eigenvalue weighted by molar-refractivity contribution is 0.668. The first kappa shape index (κ1) is 24.4. The van der Waals surface area contributed by atoms with Crippen LogP contribution in [0.2, 0.25) is 0 Å². The van der Waals surface area contributed by atoms with Gasteiger partial charge in [-0.05, 0) is 89.0 Å². The van der Waals surface area contributed by atoms with E-state index in [1.54, 1.807) is 0 Å². The van der Waals surface area contributed by atoms with E-state index in [1.165, 1.54) is 44.1 Å². The van der Waals surface area contributed by atoms with Gasteiger partial charge >= 0.3 is 0 Å². The van der Waals surface area contributed by atoms with E-state index in [1.807, 2.05) is 12.1 Å². The monoisotopic (exact) mass is 575 g/mol. The summed E-state index contributed by atoms with van der Waals surface area (Å²) >= 11 is 0. The molecule has 3 nitrogen and oxygen atoms in total. The Morgan fingerprint density at radius 1 is 0.311 bits per heavy atom. The molecule has 0 aliphatic heterocycles. The van der Waals surface area contributed by atoms with Crippen LogP contribution in [0.4, 0.5) is 0 Å². The second-order valence-corrected chi connectivity index (χ2v) is 11.8. The first-order valence-corrected chi connectivity index (χ1v) is 15.3. The largest absolute Gasteiger partial charge is 0.456 e. The van der Waals surface area contributed by atoms with Crippen molar-refractivity contribution in [2.75, 3.05) is 0 Å². The fourth-order valence-corrected chi connectivity index (χ4v) is 7.05. The predicted octanol–water partition coefficient (Wildman–Crippen LogP) is 11.9. The predicted molar refractivity (Wildman–Crippen MR) is 186 cm³/mol. The van der Waals surface area contributed by atoms with Crippen molar-refractivity contribution in [3.63, 3.8) is 0 Å². The maximum Gasteiger partial charge on any atom is 0.135 e. The maximum absolute atomic E-state index is 6.26. The van der Waals surface area contributed by atoms with Crippen LogP contribution in [0, 0.1) is 0 Å². The zero-order chi connectivity index (χ0) is 29.5. The number of furan rings is 2. The number of fused-ring (bicyclic) bond motifs is 9. The lowest BCUT2D eigenvalue weighted by Crippen LogP contribution is -1.93. The summed E-state index contributed by atoms with van der Waals surface area (Å²) in [5.41, 5.74) is 11.8. The summed E-state index contributed by atoms with van der Waals surface area (Å²) in [7, 11) is 0. The zero-order valence-corrected chi connectivity index (χ0v) is 24.2. The number of hydrogen-bond acceptors (Lipinski definition) is 2. The van der Waals surface area contributed by atoms with E-state index >= 15 is 0 Å². The molecule has 0 saturated carbocycles. The zero-order valence-electron chi connectivity index (χ0n) is 24.2. The van der Waals surface area contributed by atoms with E-state index in [-0.39, 0.29) is 0 Å². The van der Waals surface area contributed by atoms with Gasteiger partial charge in [0.15, 0.2) is 0 Å². The Hall–Kier alpha value is -6.06. The first-order valence-electron chi connectivity index (χ1n) is 15.3. The minimum absolute atomic E-state index is 0.902. The Bertz CT molecular complexity index is 2760. The molecule has 3 heterocycles. The average Bonchev–Trinajstić information content (AvgIpc) is 3.77. The van der Waals surface area contributed by atoms with Gasteiger partial charge in [0.2, 0.25) is 0 Å². The van der Waals surface area contributed by atoms with Crippen LogP contribution < -0.4 is 0 Å².